The summed E-state index contributed by atoms with van der Waals surface area (Å²) < 4.78 is 0. The highest BCUT2D eigenvalue weighted by atomic mass is 14.9. The first-order valence-corrected chi connectivity index (χ1v) is 7.16. The van der Waals surface area contributed by atoms with Gasteiger partial charge < -0.3 is 10.3 Å². The SMILES string of the molecule is c1ccc2c(-c3cncc(C4CCCN4)c3)c[nH]c2c1. The Morgan fingerprint density at radius 2 is 2.10 bits per heavy atom. The highest BCUT2D eigenvalue weighted by Crippen LogP contribution is 2.31. The predicted molar refractivity (Wildman–Crippen MR) is 81.5 cm³/mol. The van der Waals surface area contributed by atoms with E-state index in [4.69, 9.17) is 0 Å². The van der Waals surface area contributed by atoms with E-state index in [0.717, 1.165) is 6.54 Å². The van der Waals surface area contributed by atoms with Crippen molar-refractivity contribution in [1.29, 1.82) is 0 Å². The van der Waals surface area contributed by atoms with E-state index in [1.807, 2.05) is 12.4 Å². The fourth-order valence-electron chi connectivity index (χ4n) is 3.08. The number of aromatic amines is 1. The summed E-state index contributed by atoms with van der Waals surface area (Å²) in [7, 11) is 0. The van der Waals surface area contributed by atoms with Crippen LogP contribution < -0.4 is 5.32 Å². The fourth-order valence-corrected chi connectivity index (χ4v) is 3.08. The number of hydrogen-bond donors (Lipinski definition) is 2. The molecule has 3 aromatic rings. The Balaban J connectivity index is 1.80. The summed E-state index contributed by atoms with van der Waals surface area (Å²) in [5.41, 5.74) is 4.89. The Kier molecular flexibility index (Phi) is 2.78. The number of nitrogens with one attached hydrogen (secondary N) is 2. The quantitative estimate of drug-likeness (QED) is 0.741. The molecule has 0 radical (unpaired) electrons. The summed E-state index contributed by atoms with van der Waals surface area (Å²) in [6, 6.07) is 11.1. The van der Waals surface area contributed by atoms with Gasteiger partial charge in [0.15, 0.2) is 0 Å². The zero-order valence-corrected chi connectivity index (χ0v) is 11.3. The number of rotatable bonds is 2. The molecule has 3 nitrogen and oxygen atoms in total. The van der Waals surface area contributed by atoms with Crippen molar-refractivity contribution in [3.05, 3.63) is 54.5 Å². The van der Waals surface area contributed by atoms with Crippen LogP contribution in [0.15, 0.2) is 48.9 Å². The molecular weight excluding hydrogens is 246 g/mol. The molecule has 2 N–H and O–H groups in total. The van der Waals surface area contributed by atoms with Crippen LogP contribution in [0, 0.1) is 0 Å². The van der Waals surface area contributed by atoms with Crippen molar-refractivity contribution >= 4 is 10.9 Å². The first-order chi connectivity index (χ1) is 9.92. The molecule has 0 spiro atoms. The van der Waals surface area contributed by atoms with Crippen LogP contribution in [0.3, 0.4) is 0 Å². The van der Waals surface area contributed by atoms with Gasteiger partial charge in [0.05, 0.1) is 0 Å². The molecule has 1 saturated heterocycles. The minimum absolute atomic E-state index is 0.465. The van der Waals surface area contributed by atoms with Crippen molar-refractivity contribution in [2.75, 3.05) is 6.54 Å². The minimum atomic E-state index is 0.465. The average molecular weight is 263 g/mol. The third-order valence-corrected chi connectivity index (χ3v) is 4.12. The van der Waals surface area contributed by atoms with Crippen molar-refractivity contribution < 1.29 is 0 Å². The molecule has 1 aromatic carbocycles. The van der Waals surface area contributed by atoms with E-state index in [-0.39, 0.29) is 0 Å². The van der Waals surface area contributed by atoms with Crippen LogP contribution >= 0.6 is 0 Å². The van der Waals surface area contributed by atoms with Gasteiger partial charge >= 0.3 is 0 Å². The number of fused-ring (bicyclic) bond motifs is 1. The number of para-hydroxylation sites is 1. The van der Waals surface area contributed by atoms with Crippen LogP contribution in [-0.2, 0) is 0 Å². The van der Waals surface area contributed by atoms with Crippen LogP contribution in [0.5, 0.6) is 0 Å². The van der Waals surface area contributed by atoms with Gasteiger partial charge in [-0.15, -0.1) is 0 Å². The molecule has 100 valence electrons. The van der Waals surface area contributed by atoms with Crippen LogP contribution in [0.2, 0.25) is 0 Å². The van der Waals surface area contributed by atoms with Gasteiger partial charge in [0.25, 0.3) is 0 Å². The number of H-pyrrole nitrogens is 1. The standard InChI is InChI=1S/C17H17N3/c1-2-5-17-14(4-1)15(11-20-17)12-8-13(10-18-9-12)16-6-3-7-19-16/h1-2,4-5,8-11,16,19-20H,3,6-7H2. The van der Waals surface area contributed by atoms with Crippen molar-refractivity contribution in [3.8, 4) is 11.1 Å². The zero-order valence-electron chi connectivity index (χ0n) is 11.3. The topological polar surface area (TPSA) is 40.7 Å². The highest BCUT2D eigenvalue weighted by molar-refractivity contribution is 5.95. The van der Waals surface area contributed by atoms with Crippen LogP contribution in [-0.4, -0.2) is 16.5 Å². The molecule has 1 atom stereocenters. The summed E-state index contributed by atoms with van der Waals surface area (Å²) in [5.74, 6) is 0. The lowest BCUT2D eigenvalue weighted by molar-refractivity contribution is 0.645. The van der Waals surface area contributed by atoms with Gasteiger partial charge in [-0.25, -0.2) is 0 Å². The molecule has 0 bridgehead atoms. The van der Waals surface area contributed by atoms with Gasteiger partial charge in [-0.05, 0) is 37.1 Å². The largest absolute Gasteiger partial charge is 0.361 e. The minimum Gasteiger partial charge on any atom is -0.361 e. The molecule has 1 aliphatic rings. The third kappa shape index (κ3) is 1.91. The second kappa shape index (κ2) is 4.76. The Bertz CT molecular complexity index is 739. The monoisotopic (exact) mass is 263 g/mol. The molecule has 0 saturated carbocycles. The van der Waals surface area contributed by atoms with Gasteiger partial charge in [0.2, 0.25) is 0 Å². The fraction of sp³-hybridized carbons (Fsp3) is 0.235. The van der Waals surface area contributed by atoms with E-state index in [9.17, 15) is 0 Å². The first-order valence-electron chi connectivity index (χ1n) is 7.16. The van der Waals surface area contributed by atoms with E-state index >= 15 is 0 Å². The smallest absolute Gasteiger partial charge is 0.0460 e. The van der Waals surface area contributed by atoms with E-state index in [2.05, 4.69) is 51.8 Å². The summed E-state index contributed by atoms with van der Waals surface area (Å²) in [6.07, 6.45) is 8.48. The van der Waals surface area contributed by atoms with E-state index < -0.39 is 0 Å². The Labute approximate surface area is 118 Å². The summed E-state index contributed by atoms with van der Waals surface area (Å²) in [6.45, 7) is 1.11. The van der Waals surface area contributed by atoms with Crippen LogP contribution in [0.25, 0.3) is 22.0 Å². The second-order valence-electron chi connectivity index (χ2n) is 5.40. The summed E-state index contributed by atoms with van der Waals surface area (Å²) in [5, 5.41) is 4.79. The first kappa shape index (κ1) is 11.7. The van der Waals surface area contributed by atoms with Crippen molar-refractivity contribution in [1.82, 2.24) is 15.3 Å². The average Bonchev–Trinajstić information content (AvgIpc) is 3.17. The Morgan fingerprint density at radius 1 is 1.15 bits per heavy atom. The normalized spacial score (nSPS) is 18.7. The number of pyridine rings is 1. The molecular formula is C17H17N3. The maximum atomic E-state index is 4.44. The number of hydrogen-bond acceptors (Lipinski definition) is 2. The van der Waals surface area contributed by atoms with Gasteiger partial charge in [-0.3, -0.25) is 4.98 Å². The molecule has 4 rings (SSSR count). The molecule has 3 heterocycles. The van der Waals surface area contributed by atoms with E-state index in [1.54, 1.807) is 0 Å². The van der Waals surface area contributed by atoms with Crippen molar-refractivity contribution in [2.24, 2.45) is 0 Å². The van der Waals surface area contributed by atoms with E-state index in [1.165, 1.54) is 40.4 Å². The Hall–Kier alpha value is -2.13. The molecule has 20 heavy (non-hydrogen) atoms. The summed E-state index contributed by atoms with van der Waals surface area (Å²) in [4.78, 5) is 7.77. The lowest BCUT2D eigenvalue weighted by atomic mass is 10.0. The molecule has 1 fully saturated rings. The lowest BCUT2D eigenvalue weighted by Gasteiger charge is -2.11. The molecule has 2 aromatic heterocycles. The number of aromatic nitrogens is 2. The molecule has 3 heteroatoms. The van der Waals surface area contributed by atoms with Gasteiger partial charge in [-0.2, -0.15) is 0 Å². The summed E-state index contributed by atoms with van der Waals surface area (Å²) >= 11 is 0. The molecule has 1 unspecified atom stereocenters. The lowest BCUT2D eigenvalue weighted by Crippen LogP contribution is -2.12. The van der Waals surface area contributed by atoms with Gasteiger partial charge in [0, 0.05) is 46.7 Å². The molecule has 0 amide bonds. The van der Waals surface area contributed by atoms with E-state index in [0.29, 0.717) is 6.04 Å². The van der Waals surface area contributed by atoms with Crippen LogP contribution in [0.4, 0.5) is 0 Å². The molecule has 0 aliphatic carbocycles. The number of benzene rings is 1. The maximum Gasteiger partial charge on any atom is 0.0460 e. The third-order valence-electron chi connectivity index (χ3n) is 4.12. The second-order valence-corrected chi connectivity index (χ2v) is 5.40. The molecule has 1 aliphatic heterocycles. The predicted octanol–water partition coefficient (Wildman–Crippen LogP) is 3.65. The van der Waals surface area contributed by atoms with Gasteiger partial charge in [0.1, 0.15) is 0 Å². The van der Waals surface area contributed by atoms with Crippen LogP contribution in [0.1, 0.15) is 24.4 Å². The highest BCUT2D eigenvalue weighted by Gasteiger charge is 2.17. The van der Waals surface area contributed by atoms with Crippen molar-refractivity contribution in [2.45, 2.75) is 18.9 Å². The maximum absolute atomic E-state index is 4.44. The number of nitrogens with zero attached hydrogens (tertiary/aromatic N) is 1. The van der Waals surface area contributed by atoms with Gasteiger partial charge in [-0.1, -0.05) is 18.2 Å². The van der Waals surface area contributed by atoms with Crippen molar-refractivity contribution in [3.63, 3.8) is 0 Å². The Morgan fingerprint density at radius 3 is 3.00 bits per heavy atom. The zero-order chi connectivity index (χ0) is 13.4.